The summed E-state index contributed by atoms with van der Waals surface area (Å²) in [5, 5.41) is 20.1. The summed E-state index contributed by atoms with van der Waals surface area (Å²) in [5.74, 6) is 0. The van der Waals surface area contributed by atoms with E-state index in [4.69, 9.17) is 0 Å². The highest BCUT2D eigenvalue weighted by Crippen LogP contribution is 2.25. The van der Waals surface area contributed by atoms with Crippen LogP contribution in [0.25, 0.3) is 0 Å². The van der Waals surface area contributed by atoms with Crippen molar-refractivity contribution < 1.29 is 18.4 Å². The van der Waals surface area contributed by atoms with Crippen LogP contribution < -0.4 is 4.72 Å². The molecule has 0 aromatic heterocycles. The van der Waals surface area contributed by atoms with E-state index >= 15 is 0 Å². The SMILES string of the molecule is CCC(C)(CO)NS(=O)(=O)c1cccc([N+](=O)[O-])c1C. The summed E-state index contributed by atoms with van der Waals surface area (Å²) in [6, 6.07) is 3.87. The molecule has 1 aromatic rings. The van der Waals surface area contributed by atoms with Crippen LogP contribution in [0.5, 0.6) is 0 Å². The van der Waals surface area contributed by atoms with Gasteiger partial charge in [-0.3, -0.25) is 10.1 Å². The van der Waals surface area contributed by atoms with Gasteiger partial charge in [-0.15, -0.1) is 0 Å². The van der Waals surface area contributed by atoms with E-state index in [1.165, 1.54) is 25.1 Å². The van der Waals surface area contributed by atoms with Gasteiger partial charge >= 0.3 is 0 Å². The van der Waals surface area contributed by atoms with Gasteiger partial charge in [0.15, 0.2) is 0 Å². The van der Waals surface area contributed by atoms with Gasteiger partial charge in [0, 0.05) is 11.6 Å². The van der Waals surface area contributed by atoms with Gasteiger partial charge in [0.2, 0.25) is 10.0 Å². The summed E-state index contributed by atoms with van der Waals surface area (Å²) < 4.78 is 27.0. The Bertz CT molecular complexity index is 608. The lowest BCUT2D eigenvalue weighted by Gasteiger charge is -2.27. The first kappa shape index (κ1) is 16.5. The third kappa shape index (κ3) is 3.33. The van der Waals surface area contributed by atoms with Crippen molar-refractivity contribution in [3.63, 3.8) is 0 Å². The van der Waals surface area contributed by atoms with E-state index in [-0.39, 0.29) is 22.8 Å². The standard InChI is InChI=1S/C12H18N2O5S/c1-4-12(3,8-15)13-20(18,19)11-7-5-6-10(9(11)2)14(16)17/h5-7,13,15H,4,8H2,1-3H3. The van der Waals surface area contributed by atoms with Crippen molar-refractivity contribution in [2.75, 3.05) is 6.61 Å². The van der Waals surface area contributed by atoms with E-state index in [1.54, 1.807) is 13.8 Å². The molecule has 1 unspecified atom stereocenters. The molecule has 1 aromatic carbocycles. The van der Waals surface area contributed by atoms with Crippen LogP contribution in [0.4, 0.5) is 5.69 Å². The van der Waals surface area contributed by atoms with E-state index in [0.29, 0.717) is 6.42 Å². The number of sulfonamides is 1. The molecule has 0 fully saturated rings. The number of hydrogen-bond acceptors (Lipinski definition) is 5. The average Bonchev–Trinajstić information content (AvgIpc) is 2.37. The molecule has 1 atom stereocenters. The maximum Gasteiger partial charge on any atom is 0.273 e. The summed E-state index contributed by atoms with van der Waals surface area (Å²) in [7, 11) is -3.94. The first-order chi connectivity index (χ1) is 9.17. The van der Waals surface area contributed by atoms with Gasteiger partial charge in [-0.25, -0.2) is 13.1 Å². The number of nitro benzene ring substituents is 1. The number of rotatable bonds is 6. The molecule has 0 radical (unpaired) electrons. The monoisotopic (exact) mass is 302 g/mol. The second kappa shape index (κ2) is 5.86. The molecule has 0 amide bonds. The van der Waals surface area contributed by atoms with Gasteiger partial charge in [-0.1, -0.05) is 13.0 Å². The molecule has 2 N–H and O–H groups in total. The molecule has 0 aliphatic heterocycles. The van der Waals surface area contributed by atoms with Crippen molar-refractivity contribution in [1.29, 1.82) is 0 Å². The molecule has 20 heavy (non-hydrogen) atoms. The maximum atomic E-state index is 12.3. The molecule has 8 heteroatoms. The highest BCUT2D eigenvalue weighted by Gasteiger charge is 2.30. The zero-order valence-electron chi connectivity index (χ0n) is 11.6. The number of nitrogens with zero attached hydrogens (tertiary/aromatic N) is 1. The number of aliphatic hydroxyl groups excluding tert-OH is 1. The largest absolute Gasteiger partial charge is 0.394 e. The number of nitrogens with one attached hydrogen (secondary N) is 1. The van der Waals surface area contributed by atoms with Crippen LogP contribution in [0.1, 0.15) is 25.8 Å². The fourth-order valence-corrected chi connectivity index (χ4v) is 3.42. The van der Waals surface area contributed by atoms with Crippen LogP contribution in [0.15, 0.2) is 23.1 Å². The summed E-state index contributed by atoms with van der Waals surface area (Å²) in [6.45, 7) is 4.32. The first-order valence-corrected chi connectivity index (χ1v) is 7.54. The zero-order chi connectivity index (χ0) is 15.6. The third-order valence-corrected chi connectivity index (χ3v) is 5.03. The zero-order valence-corrected chi connectivity index (χ0v) is 12.4. The van der Waals surface area contributed by atoms with E-state index in [0.717, 1.165) is 0 Å². The van der Waals surface area contributed by atoms with Gasteiger partial charge in [0.25, 0.3) is 5.69 Å². The van der Waals surface area contributed by atoms with E-state index < -0.39 is 20.5 Å². The Morgan fingerprint density at radius 2 is 2.05 bits per heavy atom. The van der Waals surface area contributed by atoms with Gasteiger partial charge in [0.1, 0.15) is 0 Å². The normalized spacial score (nSPS) is 14.8. The van der Waals surface area contributed by atoms with Crippen molar-refractivity contribution in [1.82, 2.24) is 4.72 Å². The Hall–Kier alpha value is -1.51. The Balaban J connectivity index is 3.30. The summed E-state index contributed by atoms with van der Waals surface area (Å²) in [4.78, 5) is 10.1. The second-order valence-electron chi connectivity index (χ2n) is 4.84. The summed E-state index contributed by atoms with van der Waals surface area (Å²) in [6.07, 6.45) is 0.386. The number of hydrogen-bond donors (Lipinski definition) is 2. The van der Waals surface area contributed by atoms with Crippen molar-refractivity contribution in [3.8, 4) is 0 Å². The molecule has 0 heterocycles. The number of nitro groups is 1. The second-order valence-corrected chi connectivity index (χ2v) is 6.49. The van der Waals surface area contributed by atoms with E-state index in [1.807, 2.05) is 0 Å². The van der Waals surface area contributed by atoms with Crippen LogP contribution in [0, 0.1) is 17.0 Å². The molecule has 0 spiro atoms. The van der Waals surface area contributed by atoms with Crippen LogP contribution in [-0.4, -0.2) is 30.6 Å². The number of benzene rings is 1. The quantitative estimate of drug-likeness (QED) is 0.608. The van der Waals surface area contributed by atoms with E-state index in [9.17, 15) is 23.6 Å². The van der Waals surface area contributed by atoms with Crippen molar-refractivity contribution in [2.24, 2.45) is 0 Å². The first-order valence-electron chi connectivity index (χ1n) is 6.05. The maximum absolute atomic E-state index is 12.3. The Morgan fingerprint density at radius 3 is 2.50 bits per heavy atom. The molecule has 0 saturated heterocycles. The topological polar surface area (TPSA) is 110 Å². The highest BCUT2D eigenvalue weighted by molar-refractivity contribution is 7.89. The van der Waals surface area contributed by atoms with E-state index in [2.05, 4.69) is 4.72 Å². The van der Waals surface area contributed by atoms with Crippen molar-refractivity contribution in [3.05, 3.63) is 33.9 Å². The molecule has 0 aliphatic carbocycles. The molecular formula is C12H18N2O5S. The molecule has 0 saturated carbocycles. The third-order valence-electron chi connectivity index (χ3n) is 3.25. The molecule has 112 valence electrons. The van der Waals surface area contributed by atoms with Gasteiger partial charge in [-0.2, -0.15) is 0 Å². The summed E-state index contributed by atoms with van der Waals surface area (Å²) in [5.41, 5.74) is -1.19. The fraction of sp³-hybridized carbons (Fsp3) is 0.500. The average molecular weight is 302 g/mol. The minimum absolute atomic E-state index is 0.0707. The molecule has 1 rings (SSSR count). The lowest BCUT2D eigenvalue weighted by atomic mass is 10.0. The lowest BCUT2D eigenvalue weighted by Crippen LogP contribution is -2.48. The molecular weight excluding hydrogens is 284 g/mol. The predicted octanol–water partition coefficient (Wildman–Crippen LogP) is 1.34. The number of aliphatic hydroxyl groups is 1. The minimum Gasteiger partial charge on any atom is -0.394 e. The molecule has 0 aliphatic rings. The van der Waals surface area contributed by atoms with Gasteiger partial charge in [0.05, 0.1) is 22.0 Å². The predicted molar refractivity (Wildman–Crippen MR) is 73.9 cm³/mol. The van der Waals surface area contributed by atoms with Crippen LogP contribution in [-0.2, 0) is 10.0 Å². The van der Waals surface area contributed by atoms with Crippen LogP contribution in [0.3, 0.4) is 0 Å². The highest BCUT2D eigenvalue weighted by atomic mass is 32.2. The lowest BCUT2D eigenvalue weighted by molar-refractivity contribution is -0.385. The Labute approximate surface area is 117 Å². The van der Waals surface area contributed by atoms with Crippen molar-refractivity contribution >= 4 is 15.7 Å². The Kier molecular flexibility index (Phi) is 4.85. The fourth-order valence-electron chi connectivity index (χ4n) is 1.69. The minimum atomic E-state index is -3.94. The van der Waals surface area contributed by atoms with Crippen molar-refractivity contribution in [2.45, 2.75) is 37.6 Å². The summed E-state index contributed by atoms with van der Waals surface area (Å²) >= 11 is 0. The van der Waals surface area contributed by atoms with Gasteiger partial charge < -0.3 is 5.11 Å². The van der Waals surface area contributed by atoms with Crippen LogP contribution in [0.2, 0.25) is 0 Å². The Morgan fingerprint density at radius 1 is 1.45 bits per heavy atom. The smallest absolute Gasteiger partial charge is 0.273 e. The molecule has 7 nitrogen and oxygen atoms in total. The van der Waals surface area contributed by atoms with Crippen LogP contribution >= 0.6 is 0 Å². The molecule has 0 bridgehead atoms. The van der Waals surface area contributed by atoms with Gasteiger partial charge in [-0.05, 0) is 26.3 Å².